The largest absolute Gasteiger partial charge is 0.355 e. The van der Waals surface area contributed by atoms with Crippen LogP contribution in [-0.4, -0.2) is 35.1 Å². The molecular weight excluding hydrogens is 316 g/mol. The molecule has 2 amide bonds. The van der Waals surface area contributed by atoms with Gasteiger partial charge in [0.2, 0.25) is 11.8 Å². The fourth-order valence-electron chi connectivity index (χ4n) is 3.15. The molecule has 25 heavy (non-hydrogen) atoms. The van der Waals surface area contributed by atoms with Crippen molar-refractivity contribution in [2.24, 2.45) is 5.92 Å². The van der Waals surface area contributed by atoms with Crippen molar-refractivity contribution in [1.29, 1.82) is 0 Å². The van der Waals surface area contributed by atoms with Gasteiger partial charge >= 0.3 is 0 Å². The van der Waals surface area contributed by atoms with Crippen LogP contribution in [0.1, 0.15) is 29.7 Å². The molecule has 1 aliphatic rings. The van der Waals surface area contributed by atoms with Crippen LogP contribution in [0.4, 0.5) is 5.69 Å². The molecule has 1 fully saturated rings. The number of aromatic nitrogens is 2. The van der Waals surface area contributed by atoms with Crippen molar-refractivity contribution in [3.8, 4) is 0 Å². The predicted molar refractivity (Wildman–Crippen MR) is 96.3 cm³/mol. The third-order valence-corrected chi connectivity index (χ3v) is 4.72. The van der Waals surface area contributed by atoms with E-state index in [9.17, 15) is 9.59 Å². The molecule has 0 saturated carbocycles. The second kappa shape index (κ2) is 7.51. The van der Waals surface area contributed by atoms with Crippen LogP contribution in [0.5, 0.6) is 0 Å². The smallest absolute Gasteiger partial charge is 0.239 e. The highest BCUT2D eigenvalue weighted by molar-refractivity contribution is 6.09. The lowest BCUT2D eigenvalue weighted by atomic mass is 10.1. The average Bonchev–Trinajstić information content (AvgIpc) is 3.18. The summed E-state index contributed by atoms with van der Waals surface area (Å²) in [6.07, 6.45) is 4.07. The van der Waals surface area contributed by atoms with E-state index in [1.54, 1.807) is 4.90 Å². The number of nitrogens with zero attached hydrogens (tertiary/aromatic N) is 2. The van der Waals surface area contributed by atoms with Gasteiger partial charge in [0.05, 0.1) is 6.20 Å². The Morgan fingerprint density at radius 1 is 1.32 bits per heavy atom. The summed E-state index contributed by atoms with van der Waals surface area (Å²) in [6.45, 7) is 5.15. The molecule has 1 unspecified atom stereocenters. The monoisotopic (exact) mass is 340 g/mol. The maximum Gasteiger partial charge on any atom is 0.239 e. The average molecular weight is 340 g/mol. The number of rotatable bonds is 6. The first-order valence-electron chi connectivity index (χ1n) is 8.71. The van der Waals surface area contributed by atoms with E-state index in [1.807, 2.05) is 44.3 Å². The number of H-pyrrole nitrogens is 1. The van der Waals surface area contributed by atoms with Gasteiger partial charge in [-0.1, -0.05) is 17.7 Å². The molecule has 2 aromatic rings. The van der Waals surface area contributed by atoms with Crippen molar-refractivity contribution in [3.63, 3.8) is 0 Å². The van der Waals surface area contributed by atoms with E-state index in [0.717, 1.165) is 35.3 Å². The van der Waals surface area contributed by atoms with Crippen LogP contribution in [0.15, 0.2) is 30.5 Å². The standard InChI is InChI=1S/C19H24N4O2/c1-13-5-7-16(8-6-13)23-11-9-17(19(23)25)18(24)20-10-3-4-15-12-21-22-14(15)2/h5-8,12,17H,3-4,9-11H2,1-2H3,(H,20,24)(H,21,22). The zero-order valence-electron chi connectivity index (χ0n) is 14.7. The Labute approximate surface area is 147 Å². The van der Waals surface area contributed by atoms with Gasteiger partial charge in [0, 0.05) is 24.5 Å². The number of carbonyl (C=O) groups is 2. The molecule has 2 N–H and O–H groups in total. The van der Waals surface area contributed by atoms with E-state index in [2.05, 4.69) is 15.5 Å². The van der Waals surface area contributed by atoms with E-state index >= 15 is 0 Å². The van der Waals surface area contributed by atoms with Gasteiger partial charge in [-0.25, -0.2) is 0 Å². The molecule has 1 saturated heterocycles. The van der Waals surface area contributed by atoms with Crippen molar-refractivity contribution in [2.45, 2.75) is 33.1 Å². The zero-order chi connectivity index (χ0) is 17.8. The second-order valence-corrected chi connectivity index (χ2v) is 6.58. The lowest BCUT2D eigenvalue weighted by Gasteiger charge is -2.17. The number of nitrogens with one attached hydrogen (secondary N) is 2. The summed E-state index contributed by atoms with van der Waals surface area (Å²) in [5.41, 5.74) is 4.24. The van der Waals surface area contributed by atoms with Crippen molar-refractivity contribution in [3.05, 3.63) is 47.3 Å². The van der Waals surface area contributed by atoms with Gasteiger partial charge in [0.25, 0.3) is 0 Å². The van der Waals surface area contributed by atoms with Gasteiger partial charge in [0.15, 0.2) is 0 Å². The Balaban J connectivity index is 1.48. The Kier molecular flexibility index (Phi) is 5.16. The number of amides is 2. The van der Waals surface area contributed by atoms with Crippen LogP contribution in [-0.2, 0) is 16.0 Å². The van der Waals surface area contributed by atoms with E-state index in [0.29, 0.717) is 19.5 Å². The fourth-order valence-corrected chi connectivity index (χ4v) is 3.15. The highest BCUT2D eigenvalue weighted by Gasteiger charge is 2.37. The highest BCUT2D eigenvalue weighted by atomic mass is 16.2. The molecule has 2 heterocycles. The molecule has 6 heteroatoms. The molecular formula is C19H24N4O2. The topological polar surface area (TPSA) is 78.1 Å². The lowest BCUT2D eigenvalue weighted by Crippen LogP contribution is -2.37. The highest BCUT2D eigenvalue weighted by Crippen LogP contribution is 2.25. The number of hydrogen-bond acceptors (Lipinski definition) is 3. The van der Waals surface area contributed by atoms with Gasteiger partial charge < -0.3 is 10.2 Å². The first-order chi connectivity index (χ1) is 12.1. The minimum absolute atomic E-state index is 0.105. The third kappa shape index (κ3) is 3.90. The van der Waals surface area contributed by atoms with E-state index in [-0.39, 0.29) is 11.8 Å². The summed E-state index contributed by atoms with van der Waals surface area (Å²) >= 11 is 0. The van der Waals surface area contributed by atoms with Crippen molar-refractivity contribution < 1.29 is 9.59 Å². The molecule has 1 atom stereocenters. The van der Waals surface area contributed by atoms with Crippen molar-refractivity contribution >= 4 is 17.5 Å². The Morgan fingerprint density at radius 2 is 2.08 bits per heavy atom. The quantitative estimate of drug-likeness (QED) is 0.625. The maximum atomic E-state index is 12.5. The van der Waals surface area contributed by atoms with Crippen LogP contribution in [0, 0.1) is 19.8 Å². The van der Waals surface area contributed by atoms with Crippen LogP contribution in [0.25, 0.3) is 0 Å². The van der Waals surface area contributed by atoms with Crippen LogP contribution < -0.4 is 10.2 Å². The van der Waals surface area contributed by atoms with Crippen LogP contribution >= 0.6 is 0 Å². The number of aryl methyl sites for hydroxylation is 3. The van der Waals surface area contributed by atoms with Crippen molar-refractivity contribution in [1.82, 2.24) is 15.5 Å². The zero-order valence-corrected chi connectivity index (χ0v) is 14.7. The number of aromatic amines is 1. The number of hydrogen-bond donors (Lipinski definition) is 2. The molecule has 1 aromatic heterocycles. The Hall–Kier alpha value is -2.63. The van der Waals surface area contributed by atoms with Gasteiger partial charge in [-0.3, -0.25) is 14.7 Å². The van der Waals surface area contributed by atoms with Gasteiger partial charge in [0.1, 0.15) is 5.92 Å². The molecule has 0 aliphatic carbocycles. The molecule has 1 aliphatic heterocycles. The van der Waals surface area contributed by atoms with E-state index in [4.69, 9.17) is 0 Å². The SMILES string of the molecule is Cc1ccc(N2CCC(C(=O)NCCCc3cn[nH]c3C)C2=O)cc1. The minimum atomic E-state index is -0.572. The number of carbonyl (C=O) groups excluding carboxylic acids is 2. The van der Waals surface area contributed by atoms with Gasteiger partial charge in [-0.05, 0) is 50.8 Å². The first kappa shape index (κ1) is 17.2. The molecule has 0 radical (unpaired) electrons. The summed E-state index contributed by atoms with van der Waals surface area (Å²) < 4.78 is 0. The van der Waals surface area contributed by atoms with Gasteiger partial charge in [-0.15, -0.1) is 0 Å². The normalized spacial score (nSPS) is 17.1. The molecule has 3 rings (SSSR count). The molecule has 1 aromatic carbocycles. The number of anilines is 1. The molecule has 0 spiro atoms. The molecule has 6 nitrogen and oxygen atoms in total. The summed E-state index contributed by atoms with van der Waals surface area (Å²) in [7, 11) is 0. The molecule has 0 bridgehead atoms. The van der Waals surface area contributed by atoms with Crippen LogP contribution in [0.2, 0.25) is 0 Å². The second-order valence-electron chi connectivity index (χ2n) is 6.58. The summed E-state index contributed by atoms with van der Waals surface area (Å²) in [5.74, 6) is -0.840. The van der Waals surface area contributed by atoms with Gasteiger partial charge in [-0.2, -0.15) is 5.10 Å². The third-order valence-electron chi connectivity index (χ3n) is 4.72. The minimum Gasteiger partial charge on any atom is -0.355 e. The Bertz CT molecular complexity index is 751. The summed E-state index contributed by atoms with van der Waals surface area (Å²) in [5, 5.41) is 9.79. The Morgan fingerprint density at radius 3 is 2.76 bits per heavy atom. The van der Waals surface area contributed by atoms with Crippen molar-refractivity contribution in [2.75, 3.05) is 18.0 Å². The summed E-state index contributed by atoms with van der Waals surface area (Å²) in [6, 6.07) is 7.82. The van der Waals surface area contributed by atoms with E-state index in [1.165, 1.54) is 0 Å². The lowest BCUT2D eigenvalue weighted by molar-refractivity contribution is -0.132. The van der Waals surface area contributed by atoms with E-state index < -0.39 is 5.92 Å². The fraction of sp³-hybridized carbons (Fsp3) is 0.421. The summed E-state index contributed by atoms with van der Waals surface area (Å²) in [4.78, 5) is 26.6. The molecule has 132 valence electrons. The number of benzene rings is 1. The first-order valence-corrected chi connectivity index (χ1v) is 8.71. The maximum absolute atomic E-state index is 12.5. The van der Waals surface area contributed by atoms with Crippen LogP contribution in [0.3, 0.4) is 0 Å². The predicted octanol–water partition coefficient (Wildman–Crippen LogP) is 2.13.